The number of anilines is 1. The van der Waals surface area contributed by atoms with Gasteiger partial charge in [0.25, 0.3) is 0 Å². The molecule has 2 aliphatic heterocycles. The molecule has 0 aliphatic carbocycles. The number of hydrogen-bond donors (Lipinski definition) is 1. The summed E-state index contributed by atoms with van der Waals surface area (Å²) >= 11 is 6.17. The highest BCUT2D eigenvalue weighted by Crippen LogP contribution is 2.27. The van der Waals surface area contributed by atoms with Crippen LogP contribution < -0.4 is 5.73 Å². The highest BCUT2D eigenvalue weighted by molar-refractivity contribution is 6.31. The van der Waals surface area contributed by atoms with E-state index in [1.807, 2.05) is 18.2 Å². The van der Waals surface area contributed by atoms with Gasteiger partial charge in [0, 0.05) is 34.9 Å². The first-order valence-corrected chi connectivity index (χ1v) is 13.0. The topological polar surface area (TPSA) is 71.7 Å². The lowest BCUT2D eigenvalue weighted by atomic mass is 10.0. The lowest BCUT2D eigenvalue weighted by molar-refractivity contribution is 0.0474. The Morgan fingerprint density at radius 2 is 1.83 bits per heavy atom. The molecule has 3 heterocycles. The van der Waals surface area contributed by atoms with E-state index in [1.54, 1.807) is 18.3 Å². The van der Waals surface area contributed by atoms with Crippen molar-refractivity contribution >= 4 is 23.4 Å². The minimum atomic E-state index is -0.523. The van der Waals surface area contributed by atoms with Crippen LogP contribution in [-0.2, 0) is 11.3 Å². The van der Waals surface area contributed by atoms with E-state index in [9.17, 15) is 4.79 Å². The van der Waals surface area contributed by atoms with Gasteiger partial charge in [-0.3, -0.25) is 4.90 Å². The number of likely N-dealkylation sites (tertiary alicyclic amines) is 2. The molecule has 2 saturated heterocycles. The van der Waals surface area contributed by atoms with Crippen molar-refractivity contribution in [3.63, 3.8) is 0 Å². The van der Waals surface area contributed by atoms with E-state index >= 15 is 0 Å². The highest BCUT2D eigenvalue weighted by atomic mass is 35.5. The van der Waals surface area contributed by atoms with Crippen LogP contribution in [0, 0.1) is 6.54 Å². The van der Waals surface area contributed by atoms with Gasteiger partial charge in [0.2, 0.25) is 0 Å². The van der Waals surface area contributed by atoms with Crippen molar-refractivity contribution in [1.29, 1.82) is 0 Å². The molecule has 187 valence electrons. The van der Waals surface area contributed by atoms with Gasteiger partial charge in [0.05, 0.1) is 6.54 Å². The number of rotatable bonds is 8. The summed E-state index contributed by atoms with van der Waals surface area (Å²) < 4.78 is 5.46. The van der Waals surface area contributed by atoms with Crippen LogP contribution in [0.5, 0.6) is 0 Å². The number of carbonyl (C=O) groups is 1. The first kappa shape index (κ1) is 24.8. The van der Waals surface area contributed by atoms with Crippen molar-refractivity contribution in [1.82, 2.24) is 14.8 Å². The summed E-state index contributed by atoms with van der Waals surface area (Å²) in [6.07, 6.45) is 6.86. The molecule has 1 atom stereocenters. The van der Waals surface area contributed by atoms with Gasteiger partial charge in [-0.05, 0) is 68.6 Å². The standard InChI is InChI=1S/C29H32ClN4O2/c30-27-8-2-1-6-23(27)20-36-29(35)26-16-24(17-32-28(26)31)22-11-9-21(10-12-22)18-34-15-5-7-25(34)19-33-13-3-4-14-33/h1-2,6,8-12,16-18,25H,3-5,7,13-15,19-20H2,(H2,31,32)/t25-/m1/s1. The molecule has 3 aromatic rings. The third kappa shape index (κ3) is 5.89. The van der Waals surface area contributed by atoms with Gasteiger partial charge in [-0.25, -0.2) is 9.78 Å². The average Bonchev–Trinajstić information content (AvgIpc) is 3.57. The molecule has 2 N–H and O–H groups in total. The number of nitrogens with zero attached hydrogens (tertiary/aromatic N) is 3. The van der Waals surface area contributed by atoms with E-state index in [0.717, 1.165) is 23.2 Å². The molecule has 0 spiro atoms. The van der Waals surface area contributed by atoms with Gasteiger partial charge in [0.1, 0.15) is 18.0 Å². The summed E-state index contributed by atoms with van der Waals surface area (Å²) in [5.41, 5.74) is 9.94. The number of nitrogens with two attached hydrogens (primary N) is 1. The fourth-order valence-corrected chi connectivity index (χ4v) is 5.26. The molecule has 6 nitrogen and oxygen atoms in total. The van der Waals surface area contributed by atoms with Crippen LogP contribution in [0.3, 0.4) is 0 Å². The minimum absolute atomic E-state index is 0.0714. The van der Waals surface area contributed by atoms with Crippen LogP contribution in [0.25, 0.3) is 11.1 Å². The molecular formula is C29H32ClN4O2. The summed E-state index contributed by atoms with van der Waals surface area (Å²) in [6, 6.07) is 18.0. The second kappa shape index (κ2) is 11.4. The van der Waals surface area contributed by atoms with Crippen LogP contribution in [0.4, 0.5) is 5.82 Å². The molecule has 1 aromatic heterocycles. The van der Waals surface area contributed by atoms with Crippen LogP contribution in [0.15, 0.2) is 60.8 Å². The number of nitrogen functional groups attached to an aromatic ring is 1. The first-order chi connectivity index (χ1) is 17.6. The zero-order valence-corrected chi connectivity index (χ0v) is 21.2. The predicted molar refractivity (Wildman–Crippen MR) is 143 cm³/mol. The number of aromatic nitrogens is 1. The van der Waals surface area contributed by atoms with Gasteiger partial charge < -0.3 is 15.4 Å². The third-order valence-corrected chi connectivity index (χ3v) is 7.47. The summed E-state index contributed by atoms with van der Waals surface area (Å²) in [5, 5.41) is 0.554. The third-order valence-electron chi connectivity index (χ3n) is 7.10. The average molecular weight is 504 g/mol. The van der Waals surface area contributed by atoms with E-state index < -0.39 is 5.97 Å². The van der Waals surface area contributed by atoms with E-state index in [2.05, 4.69) is 45.6 Å². The van der Waals surface area contributed by atoms with Crippen LogP contribution in [0.2, 0.25) is 5.02 Å². The lowest BCUT2D eigenvalue weighted by Gasteiger charge is -2.28. The number of carbonyl (C=O) groups excluding carboxylic acids is 1. The van der Waals surface area contributed by atoms with Crippen molar-refractivity contribution in [2.24, 2.45) is 0 Å². The van der Waals surface area contributed by atoms with Gasteiger partial charge in [-0.2, -0.15) is 0 Å². The van der Waals surface area contributed by atoms with Crippen LogP contribution in [0.1, 0.15) is 47.2 Å². The lowest BCUT2D eigenvalue weighted by Crippen LogP contribution is -2.38. The molecule has 0 unspecified atom stereocenters. The van der Waals surface area contributed by atoms with E-state index in [1.165, 1.54) is 50.9 Å². The Hall–Kier alpha value is -2.93. The van der Waals surface area contributed by atoms with E-state index in [-0.39, 0.29) is 18.0 Å². The Morgan fingerprint density at radius 3 is 2.61 bits per heavy atom. The molecule has 7 heteroatoms. The molecule has 36 heavy (non-hydrogen) atoms. The molecule has 5 rings (SSSR count). The second-order valence-corrected chi connectivity index (χ2v) is 10.0. The van der Waals surface area contributed by atoms with Crippen molar-refractivity contribution in [3.8, 4) is 11.1 Å². The number of hydrogen-bond acceptors (Lipinski definition) is 6. The smallest absolute Gasteiger partial charge is 0.342 e. The van der Waals surface area contributed by atoms with Gasteiger partial charge in [-0.15, -0.1) is 0 Å². The highest BCUT2D eigenvalue weighted by Gasteiger charge is 2.27. The van der Waals surface area contributed by atoms with E-state index in [4.69, 9.17) is 22.1 Å². The number of benzene rings is 2. The Morgan fingerprint density at radius 1 is 1.06 bits per heavy atom. The summed E-state index contributed by atoms with van der Waals surface area (Å²) in [6.45, 7) is 7.12. The SMILES string of the molecule is Nc1ncc(-c2ccc([CH]N3CCC[C@@H]3CN3CCCC3)cc2)cc1C(=O)OCc1ccccc1Cl. The molecule has 2 fully saturated rings. The fraction of sp³-hybridized carbons (Fsp3) is 0.345. The molecule has 1 radical (unpaired) electrons. The molecule has 2 aromatic carbocycles. The Kier molecular flexibility index (Phi) is 7.85. The van der Waals surface area contributed by atoms with Gasteiger partial charge in [0.15, 0.2) is 0 Å². The van der Waals surface area contributed by atoms with Crippen molar-refractivity contribution < 1.29 is 9.53 Å². The number of pyridine rings is 1. The zero-order chi connectivity index (χ0) is 24.9. The summed E-state index contributed by atoms with van der Waals surface area (Å²) in [4.78, 5) is 22.1. The van der Waals surface area contributed by atoms with Crippen molar-refractivity contribution in [3.05, 3.63) is 89.1 Å². The molecule has 0 amide bonds. The normalized spacial score (nSPS) is 18.5. The molecule has 2 aliphatic rings. The largest absolute Gasteiger partial charge is 0.457 e. The second-order valence-electron chi connectivity index (χ2n) is 9.62. The zero-order valence-electron chi connectivity index (χ0n) is 20.4. The minimum Gasteiger partial charge on any atom is -0.457 e. The number of esters is 1. The predicted octanol–water partition coefficient (Wildman–Crippen LogP) is 5.41. The Bertz CT molecular complexity index is 1190. The quantitative estimate of drug-likeness (QED) is 0.414. The summed E-state index contributed by atoms with van der Waals surface area (Å²) in [5.74, 6) is -0.379. The monoisotopic (exact) mass is 503 g/mol. The molecule has 0 bridgehead atoms. The molecular weight excluding hydrogens is 472 g/mol. The molecule has 0 saturated carbocycles. The number of halogens is 1. The van der Waals surface area contributed by atoms with Gasteiger partial charge in [-0.1, -0.05) is 54.1 Å². The Labute approximate surface area is 218 Å². The van der Waals surface area contributed by atoms with Crippen molar-refractivity contribution in [2.45, 2.75) is 38.3 Å². The van der Waals surface area contributed by atoms with Crippen LogP contribution in [-0.4, -0.2) is 53.0 Å². The summed E-state index contributed by atoms with van der Waals surface area (Å²) in [7, 11) is 0. The maximum Gasteiger partial charge on any atom is 0.342 e. The van der Waals surface area contributed by atoms with Gasteiger partial charge >= 0.3 is 5.97 Å². The number of ether oxygens (including phenoxy) is 1. The van der Waals surface area contributed by atoms with Crippen LogP contribution >= 0.6 is 11.6 Å². The van der Waals surface area contributed by atoms with E-state index in [0.29, 0.717) is 11.1 Å². The van der Waals surface area contributed by atoms with Crippen molar-refractivity contribution in [2.75, 3.05) is 31.9 Å². The first-order valence-electron chi connectivity index (χ1n) is 12.7. The fourth-order valence-electron chi connectivity index (χ4n) is 5.07. The maximum absolute atomic E-state index is 12.7. The maximum atomic E-state index is 12.7. The Balaban J connectivity index is 1.23.